The molecule has 2 rings (SSSR count). The lowest BCUT2D eigenvalue weighted by molar-refractivity contribution is -0.119. The number of anilines is 2. The lowest BCUT2D eigenvalue weighted by Crippen LogP contribution is -2.33. The molecule has 0 aliphatic carbocycles. The van der Waals surface area contributed by atoms with Crippen LogP contribution < -0.4 is 15.8 Å². The Bertz CT molecular complexity index is 405. The number of para-hydroxylation sites is 2. The highest BCUT2D eigenvalue weighted by molar-refractivity contribution is 5.84. The number of hydrazine groups is 1. The van der Waals surface area contributed by atoms with Gasteiger partial charge in [0.1, 0.15) is 0 Å². The van der Waals surface area contributed by atoms with E-state index in [1.54, 1.807) is 0 Å². The lowest BCUT2D eigenvalue weighted by atomic mass is 10.2. The number of nitrogens with zero attached hydrogens (tertiary/aromatic N) is 1. The van der Waals surface area contributed by atoms with Crippen LogP contribution in [-0.4, -0.2) is 18.5 Å². The molecule has 1 fully saturated rings. The first-order chi connectivity index (χ1) is 8.20. The summed E-state index contributed by atoms with van der Waals surface area (Å²) in [4.78, 5) is 11.2. The second kappa shape index (κ2) is 5.08. The molecule has 1 aliphatic rings. The fourth-order valence-electron chi connectivity index (χ4n) is 1.85. The van der Waals surface area contributed by atoms with Gasteiger partial charge >= 0.3 is 0 Å². The fourth-order valence-corrected chi connectivity index (χ4v) is 1.85. The molecule has 1 saturated heterocycles. The smallest absolute Gasteiger partial charge is 0.240 e. The molecule has 1 amide bonds. The van der Waals surface area contributed by atoms with E-state index >= 15 is 0 Å². The van der Waals surface area contributed by atoms with Gasteiger partial charge in [0.25, 0.3) is 0 Å². The molecule has 92 valence electrons. The number of amides is 1. The van der Waals surface area contributed by atoms with Crippen LogP contribution in [0.15, 0.2) is 24.3 Å². The van der Waals surface area contributed by atoms with Crippen LogP contribution in [0.3, 0.4) is 0 Å². The molecule has 0 radical (unpaired) electrons. The van der Waals surface area contributed by atoms with Gasteiger partial charge in [0.2, 0.25) is 5.91 Å². The van der Waals surface area contributed by atoms with Crippen molar-refractivity contribution in [3.63, 3.8) is 0 Å². The molecule has 1 aliphatic heterocycles. The van der Waals surface area contributed by atoms with Crippen molar-refractivity contribution in [2.45, 2.75) is 32.7 Å². The van der Waals surface area contributed by atoms with Crippen LogP contribution in [0.4, 0.5) is 11.4 Å². The molecule has 0 bridgehead atoms. The highest BCUT2D eigenvalue weighted by Crippen LogP contribution is 2.26. The van der Waals surface area contributed by atoms with Crippen molar-refractivity contribution in [2.75, 3.05) is 16.9 Å². The predicted molar refractivity (Wildman–Crippen MR) is 69.9 cm³/mol. The Balaban J connectivity index is 2.18. The van der Waals surface area contributed by atoms with E-state index in [0.29, 0.717) is 12.5 Å². The summed E-state index contributed by atoms with van der Waals surface area (Å²) in [5.74, 6) is 0.0864. The van der Waals surface area contributed by atoms with E-state index in [4.69, 9.17) is 0 Å². The molecule has 0 saturated carbocycles. The van der Waals surface area contributed by atoms with E-state index in [-0.39, 0.29) is 5.91 Å². The van der Waals surface area contributed by atoms with Crippen LogP contribution in [0.1, 0.15) is 26.7 Å². The Kier molecular flexibility index (Phi) is 3.52. The second-order valence-corrected chi connectivity index (χ2v) is 4.41. The van der Waals surface area contributed by atoms with Crippen molar-refractivity contribution in [1.29, 1.82) is 0 Å². The third-order valence-corrected chi connectivity index (χ3v) is 3.03. The maximum absolute atomic E-state index is 11.2. The van der Waals surface area contributed by atoms with Gasteiger partial charge in [0.15, 0.2) is 0 Å². The topological polar surface area (TPSA) is 44.4 Å². The van der Waals surface area contributed by atoms with Gasteiger partial charge in [0.05, 0.1) is 11.4 Å². The quantitative estimate of drug-likeness (QED) is 0.837. The first-order valence-electron chi connectivity index (χ1n) is 6.13. The molecule has 1 atom stereocenters. The normalized spacial score (nSPS) is 16.8. The van der Waals surface area contributed by atoms with Crippen LogP contribution in [0, 0.1) is 0 Å². The van der Waals surface area contributed by atoms with Gasteiger partial charge in [-0.2, -0.15) is 0 Å². The third-order valence-electron chi connectivity index (χ3n) is 3.03. The zero-order valence-electron chi connectivity index (χ0n) is 10.4. The number of carbonyl (C=O) groups excluding carboxylic acids is 1. The van der Waals surface area contributed by atoms with Gasteiger partial charge < -0.3 is 5.32 Å². The van der Waals surface area contributed by atoms with E-state index < -0.39 is 0 Å². The molecule has 4 nitrogen and oxygen atoms in total. The standard InChI is InChI=1S/C13H19N3O/c1-3-10(2)14-11-6-4-5-7-12(11)16-9-8-13(17)15-16/h4-7,10,14H,3,8-9H2,1-2H3,(H,15,17). The van der Waals surface area contributed by atoms with Crippen LogP contribution >= 0.6 is 0 Å². The fraction of sp³-hybridized carbons (Fsp3) is 0.462. The Morgan fingerprint density at radius 3 is 2.88 bits per heavy atom. The Morgan fingerprint density at radius 1 is 1.47 bits per heavy atom. The number of nitrogens with one attached hydrogen (secondary N) is 2. The number of benzene rings is 1. The summed E-state index contributed by atoms with van der Waals surface area (Å²) < 4.78 is 0. The summed E-state index contributed by atoms with van der Waals surface area (Å²) >= 11 is 0. The van der Waals surface area contributed by atoms with Gasteiger partial charge in [0, 0.05) is 19.0 Å². The molecule has 17 heavy (non-hydrogen) atoms. The maximum atomic E-state index is 11.2. The van der Waals surface area contributed by atoms with E-state index in [1.165, 1.54) is 0 Å². The monoisotopic (exact) mass is 233 g/mol. The molecule has 0 aromatic heterocycles. The number of rotatable bonds is 4. The van der Waals surface area contributed by atoms with Crippen molar-refractivity contribution in [3.05, 3.63) is 24.3 Å². The zero-order valence-corrected chi connectivity index (χ0v) is 10.4. The van der Waals surface area contributed by atoms with Crippen molar-refractivity contribution < 1.29 is 4.79 Å². The van der Waals surface area contributed by atoms with Gasteiger partial charge in [-0.3, -0.25) is 15.2 Å². The summed E-state index contributed by atoms with van der Waals surface area (Å²) in [6, 6.07) is 8.49. The highest BCUT2D eigenvalue weighted by Gasteiger charge is 2.20. The van der Waals surface area contributed by atoms with E-state index in [1.807, 2.05) is 29.3 Å². The average Bonchev–Trinajstić information content (AvgIpc) is 2.76. The molecule has 1 unspecified atom stereocenters. The van der Waals surface area contributed by atoms with Crippen molar-refractivity contribution in [2.24, 2.45) is 0 Å². The van der Waals surface area contributed by atoms with Crippen LogP contribution in [0.2, 0.25) is 0 Å². The van der Waals surface area contributed by atoms with Crippen LogP contribution in [0.25, 0.3) is 0 Å². The summed E-state index contributed by atoms with van der Waals surface area (Å²) in [5, 5.41) is 5.37. The molecule has 1 aromatic rings. The van der Waals surface area contributed by atoms with Gasteiger partial charge in [-0.15, -0.1) is 0 Å². The van der Waals surface area contributed by atoms with E-state index in [2.05, 4.69) is 24.6 Å². The molecule has 1 aromatic carbocycles. The van der Waals surface area contributed by atoms with E-state index in [9.17, 15) is 4.79 Å². The summed E-state index contributed by atoms with van der Waals surface area (Å²) in [5.41, 5.74) is 4.97. The average molecular weight is 233 g/mol. The molecular formula is C13H19N3O. The SMILES string of the molecule is CCC(C)Nc1ccccc1N1CCC(=O)N1. The van der Waals surface area contributed by atoms with Crippen molar-refractivity contribution >= 4 is 17.3 Å². The van der Waals surface area contributed by atoms with Crippen molar-refractivity contribution in [1.82, 2.24) is 5.43 Å². The Morgan fingerprint density at radius 2 is 2.24 bits per heavy atom. The van der Waals surface area contributed by atoms with Crippen LogP contribution in [0.5, 0.6) is 0 Å². The summed E-state index contributed by atoms with van der Waals surface area (Å²) in [6.45, 7) is 5.04. The molecule has 0 spiro atoms. The van der Waals surface area contributed by atoms with E-state index in [0.717, 1.165) is 24.3 Å². The molecule has 4 heteroatoms. The molecule has 2 N–H and O–H groups in total. The highest BCUT2D eigenvalue weighted by atomic mass is 16.2. The molecular weight excluding hydrogens is 214 g/mol. The Hall–Kier alpha value is -1.71. The van der Waals surface area contributed by atoms with Crippen LogP contribution in [-0.2, 0) is 4.79 Å². The zero-order chi connectivity index (χ0) is 12.3. The first-order valence-corrected chi connectivity index (χ1v) is 6.13. The van der Waals surface area contributed by atoms with Gasteiger partial charge in [-0.1, -0.05) is 19.1 Å². The van der Waals surface area contributed by atoms with Gasteiger partial charge in [-0.05, 0) is 25.5 Å². The number of hydrogen-bond acceptors (Lipinski definition) is 3. The minimum atomic E-state index is 0.0864. The predicted octanol–water partition coefficient (Wildman–Crippen LogP) is 2.14. The summed E-state index contributed by atoms with van der Waals surface area (Å²) in [6.07, 6.45) is 1.64. The minimum Gasteiger partial charge on any atom is -0.381 e. The summed E-state index contributed by atoms with van der Waals surface area (Å²) in [7, 11) is 0. The first kappa shape index (κ1) is 11.8. The van der Waals surface area contributed by atoms with Gasteiger partial charge in [-0.25, -0.2) is 0 Å². The molecule has 1 heterocycles. The third kappa shape index (κ3) is 2.70. The minimum absolute atomic E-state index is 0.0864. The lowest BCUT2D eigenvalue weighted by Gasteiger charge is -2.23. The van der Waals surface area contributed by atoms with Crippen molar-refractivity contribution in [3.8, 4) is 0 Å². The maximum Gasteiger partial charge on any atom is 0.240 e. The number of hydrogen-bond donors (Lipinski definition) is 2. The Labute approximate surface area is 102 Å². The largest absolute Gasteiger partial charge is 0.381 e. The second-order valence-electron chi connectivity index (χ2n) is 4.41. The number of carbonyl (C=O) groups is 1.